The van der Waals surface area contributed by atoms with E-state index in [4.69, 9.17) is 9.97 Å². The van der Waals surface area contributed by atoms with Crippen LogP contribution in [0.25, 0.3) is 104 Å². The van der Waals surface area contributed by atoms with E-state index in [0.717, 1.165) is 44.8 Å². The number of benzene rings is 8. The Labute approximate surface area is 328 Å². The van der Waals surface area contributed by atoms with Crippen molar-refractivity contribution in [1.82, 2.24) is 14.5 Å². The molecule has 0 atom stereocenters. The van der Waals surface area contributed by atoms with E-state index in [1.165, 1.54) is 53.2 Å². The highest BCUT2D eigenvalue weighted by Gasteiger charge is 2.18. The van der Waals surface area contributed by atoms with Crippen LogP contribution in [0.2, 0.25) is 0 Å². The first-order valence-electron chi connectivity index (χ1n) is 18.9. The molecule has 0 aliphatic rings. The minimum atomic E-state index is 0.691. The van der Waals surface area contributed by atoms with Gasteiger partial charge in [-0.3, -0.25) is 0 Å². The molecule has 0 unspecified atom stereocenters. The maximum Gasteiger partial charge on any atom is 0.160 e. The maximum absolute atomic E-state index is 5.17. The van der Waals surface area contributed by atoms with E-state index in [-0.39, 0.29) is 0 Å². The SMILES string of the molecule is c1ccc(-c2ccc3c(c2)c2ccc(-c4cccc5c4sc4ccccc45)cc2n3-c2cccc(-c3nc(-c4ccccc4)cc(-c4ccccc4)n3)c2)cc1. The zero-order valence-electron chi connectivity index (χ0n) is 30.3. The predicted molar refractivity (Wildman–Crippen MR) is 236 cm³/mol. The van der Waals surface area contributed by atoms with E-state index >= 15 is 0 Å². The van der Waals surface area contributed by atoms with Gasteiger partial charge < -0.3 is 4.57 Å². The van der Waals surface area contributed by atoms with E-state index in [9.17, 15) is 0 Å². The van der Waals surface area contributed by atoms with Crippen molar-refractivity contribution in [3.63, 3.8) is 0 Å². The van der Waals surface area contributed by atoms with Gasteiger partial charge in [0.15, 0.2) is 5.82 Å². The molecule has 0 aliphatic heterocycles. The van der Waals surface area contributed by atoms with Gasteiger partial charge in [0.05, 0.1) is 22.4 Å². The molecule has 3 aromatic heterocycles. The summed E-state index contributed by atoms with van der Waals surface area (Å²) in [6, 6.07) is 71.4. The van der Waals surface area contributed by atoms with Gasteiger partial charge >= 0.3 is 0 Å². The molecule has 0 bridgehead atoms. The van der Waals surface area contributed by atoms with Gasteiger partial charge in [0, 0.05) is 53.3 Å². The molecular formula is C52H33N3S. The van der Waals surface area contributed by atoms with Gasteiger partial charge in [0.25, 0.3) is 0 Å². The molecule has 56 heavy (non-hydrogen) atoms. The Morgan fingerprint density at radius 3 is 1.73 bits per heavy atom. The Morgan fingerprint density at radius 1 is 0.357 bits per heavy atom. The Bertz CT molecular complexity index is 3180. The molecular weight excluding hydrogens is 699 g/mol. The fourth-order valence-corrected chi connectivity index (χ4v) is 9.36. The van der Waals surface area contributed by atoms with E-state index in [0.29, 0.717) is 5.82 Å². The van der Waals surface area contributed by atoms with Crippen molar-refractivity contribution in [3.05, 3.63) is 200 Å². The van der Waals surface area contributed by atoms with Crippen LogP contribution in [0.4, 0.5) is 0 Å². The average Bonchev–Trinajstić information content (AvgIpc) is 3.82. The molecule has 11 aromatic rings. The van der Waals surface area contributed by atoms with E-state index < -0.39 is 0 Å². The average molecular weight is 732 g/mol. The zero-order chi connectivity index (χ0) is 37.0. The third kappa shape index (κ3) is 5.50. The molecule has 0 saturated heterocycles. The lowest BCUT2D eigenvalue weighted by molar-refractivity contribution is 1.16. The number of thiophene rings is 1. The molecule has 0 N–H and O–H groups in total. The van der Waals surface area contributed by atoms with Crippen LogP contribution in [0.3, 0.4) is 0 Å². The third-order valence-corrected chi connectivity index (χ3v) is 12.0. The van der Waals surface area contributed by atoms with Crippen molar-refractivity contribution >= 4 is 53.3 Å². The summed E-state index contributed by atoms with van der Waals surface area (Å²) in [6.45, 7) is 0. The number of rotatable bonds is 6. The van der Waals surface area contributed by atoms with Gasteiger partial charge in [-0.25, -0.2) is 9.97 Å². The first-order chi connectivity index (χ1) is 27.7. The molecule has 0 fully saturated rings. The summed E-state index contributed by atoms with van der Waals surface area (Å²) in [7, 11) is 0. The van der Waals surface area contributed by atoms with Gasteiger partial charge in [-0.05, 0) is 64.7 Å². The molecule has 0 aliphatic carbocycles. The number of nitrogens with zero attached hydrogens (tertiary/aromatic N) is 3. The van der Waals surface area contributed by atoms with E-state index in [1.54, 1.807) is 0 Å². The minimum Gasteiger partial charge on any atom is -0.309 e. The summed E-state index contributed by atoms with van der Waals surface area (Å²) in [5.74, 6) is 0.691. The zero-order valence-corrected chi connectivity index (χ0v) is 31.1. The molecule has 0 radical (unpaired) electrons. The van der Waals surface area contributed by atoms with Crippen LogP contribution in [0.15, 0.2) is 200 Å². The second-order valence-electron chi connectivity index (χ2n) is 14.2. The largest absolute Gasteiger partial charge is 0.309 e. The second kappa shape index (κ2) is 13.3. The number of hydrogen-bond acceptors (Lipinski definition) is 3. The van der Waals surface area contributed by atoms with Crippen LogP contribution < -0.4 is 0 Å². The predicted octanol–water partition coefficient (Wildman–Crippen LogP) is 14.3. The summed E-state index contributed by atoms with van der Waals surface area (Å²) in [5, 5.41) is 5.04. The molecule has 11 rings (SSSR count). The number of hydrogen-bond donors (Lipinski definition) is 0. The van der Waals surface area contributed by atoms with E-state index in [1.807, 2.05) is 23.5 Å². The molecule has 0 amide bonds. The molecule has 3 heterocycles. The van der Waals surface area contributed by atoms with Crippen LogP contribution >= 0.6 is 11.3 Å². The highest BCUT2D eigenvalue weighted by molar-refractivity contribution is 7.26. The van der Waals surface area contributed by atoms with Crippen LogP contribution in [-0.2, 0) is 0 Å². The first kappa shape index (κ1) is 32.3. The summed E-state index contributed by atoms with van der Waals surface area (Å²) in [5.41, 5.74) is 13.1. The Hall–Kier alpha value is -7.14. The second-order valence-corrected chi connectivity index (χ2v) is 15.2. The van der Waals surface area contributed by atoms with Crippen LogP contribution in [0, 0.1) is 0 Å². The number of aromatic nitrogens is 3. The minimum absolute atomic E-state index is 0.691. The molecule has 0 spiro atoms. The van der Waals surface area contributed by atoms with Gasteiger partial charge in [0.1, 0.15) is 0 Å². The molecule has 4 heteroatoms. The van der Waals surface area contributed by atoms with Crippen molar-refractivity contribution in [2.45, 2.75) is 0 Å². The van der Waals surface area contributed by atoms with Crippen molar-refractivity contribution < 1.29 is 0 Å². The van der Waals surface area contributed by atoms with Crippen molar-refractivity contribution in [3.8, 4) is 61.8 Å². The summed E-state index contributed by atoms with van der Waals surface area (Å²) in [4.78, 5) is 10.3. The standard InChI is InChI=1S/C52H33N3S/c1-4-14-34(15-5-1)37-27-29-48-45(31-37)42-28-26-38(41-23-13-24-44-43-22-10-11-25-50(43)56-51(41)44)32-49(42)55(48)40-21-12-20-39(30-40)52-53-46(35-16-6-2-7-17-35)33-47(54-52)36-18-8-3-9-19-36/h1-33H. The highest BCUT2D eigenvalue weighted by atomic mass is 32.1. The number of fused-ring (bicyclic) bond motifs is 6. The van der Waals surface area contributed by atoms with Crippen molar-refractivity contribution in [1.29, 1.82) is 0 Å². The van der Waals surface area contributed by atoms with E-state index in [2.05, 4.69) is 193 Å². The summed E-state index contributed by atoms with van der Waals surface area (Å²) < 4.78 is 5.04. The lowest BCUT2D eigenvalue weighted by Gasteiger charge is -2.13. The van der Waals surface area contributed by atoms with Gasteiger partial charge in [-0.15, -0.1) is 11.3 Å². The Balaban J connectivity index is 1.13. The normalized spacial score (nSPS) is 11.6. The third-order valence-electron chi connectivity index (χ3n) is 10.8. The smallest absolute Gasteiger partial charge is 0.160 e. The van der Waals surface area contributed by atoms with Crippen LogP contribution in [-0.4, -0.2) is 14.5 Å². The first-order valence-corrected chi connectivity index (χ1v) is 19.7. The maximum atomic E-state index is 5.17. The van der Waals surface area contributed by atoms with Crippen LogP contribution in [0.5, 0.6) is 0 Å². The van der Waals surface area contributed by atoms with Gasteiger partial charge in [-0.2, -0.15) is 0 Å². The Kier molecular flexibility index (Phi) is 7.68. The van der Waals surface area contributed by atoms with Crippen LogP contribution in [0.1, 0.15) is 0 Å². The monoisotopic (exact) mass is 731 g/mol. The lowest BCUT2D eigenvalue weighted by atomic mass is 10.00. The van der Waals surface area contributed by atoms with Gasteiger partial charge in [-0.1, -0.05) is 158 Å². The summed E-state index contributed by atoms with van der Waals surface area (Å²) in [6.07, 6.45) is 0. The van der Waals surface area contributed by atoms with Gasteiger partial charge in [0.2, 0.25) is 0 Å². The quantitative estimate of drug-likeness (QED) is 0.170. The molecule has 8 aromatic carbocycles. The molecule has 262 valence electrons. The molecule has 0 saturated carbocycles. The summed E-state index contributed by atoms with van der Waals surface area (Å²) >= 11 is 1.87. The van der Waals surface area contributed by atoms with Crippen molar-refractivity contribution in [2.75, 3.05) is 0 Å². The Morgan fingerprint density at radius 2 is 0.982 bits per heavy atom. The fourth-order valence-electron chi connectivity index (χ4n) is 8.13. The topological polar surface area (TPSA) is 30.7 Å². The van der Waals surface area contributed by atoms with Crippen molar-refractivity contribution in [2.24, 2.45) is 0 Å². The fraction of sp³-hybridized carbons (Fsp3) is 0. The molecule has 3 nitrogen and oxygen atoms in total. The lowest BCUT2D eigenvalue weighted by Crippen LogP contribution is -1.98. The highest BCUT2D eigenvalue weighted by Crippen LogP contribution is 2.42.